The lowest BCUT2D eigenvalue weighted by molar-refractivity contribution is 1.06. The van der Waals surface area contributed by atoms with E-state index in [4.69, 9.17) is 18.0 Å². The van der Waals surface area contributed by atoms with Gasteiger partial charge in [-0.3, -0.25) is 0 Å². The van der Waals surface area contributed by atoms with Gasteiger partial charge in [-0.15, -0.1) is 23.7 Å². The highest BCUT2D eigenvalue weighted by Crippen LogP contribution is 2.22. The van der Waals surface area contributed by atoms with Gasteiger partial charge in [-0.1, -0.05) is 11.6 Å². The van der Waals surface area contributed by atoms with Crippen LogP contribution in [-0.2, 0) is 6.42 Å². The van der Waals surface area contributed by atoms with Gasteiger partial charge in [-0.05, 0) is 18.6 Å². The zero-order valence-electron chi connectivity index (χ0n) is 5.43. The SMILES string of the molecule is C#CCCc1ccc(Cl)s1. The van der Waals surface area contributed by atoms with Crippen molar-refractivity contribution in [2.75, 3.05) is 0 Å². The molecule has 1 heterocycles. The number of rotatable bonds is 2. The Hall–Kier alpha value is -0.450. The summed E-state index contributed by atoms with van der Waals surface area (Å²) in [5.41, 5.74) is 0. The highest BCUT2D eigenvalue weighted by Gasteiger charge is 1.94. The summed E-state index contributed by atoms with van der Waals surface area (Å²) < 4.78 is 0.840. The Bertz CT molecular complexity index is 244. The number of hydrogen-bond acceptors (Lipinski definition) is 1. The molecule has 0 fully saturated rings. The highest BCUT2D eigenvalue weighted by atomic mass is 35.5. The topological polar surface area (TPSA) is 0 Å². The van der Waals surface area contributed by atoms with Crippen LogP contribution in [0.1, 0.15) is 11.3 Å². The molecule has 1 aromatic rings. The number of halogens is 1. The van der Waals surface area contributed by atoms with Gasteiger partial charge in [0, 0.05) is 11.3 Å². The molecule has 10 heavy (non-hydrogen) atoms. The summed E-state index contributed by atoms with van der Waals surface area (Å²) in [6, 6.07) is 3.92. The normalized spacial score (nSPS) is 9.20. The molecule has 0 amide bonds. The summed E-state index contributed by atoms with van der Waals surface area (Å²) in [6.45, 7) is 0. The van der Waals surface area contributed by atoms with Crippen molar-refractivity contribution < 1.29 is 0 Å². The van der Waals surface area contributed by atoms with E-state index in [2.05, 4.69) is 5.92 Å². The van der Waals surface area contributed by atoms with E-state index >= 15 is 0 Å². The number of hydrogen-bond donors (Lipinski definition) is 0. The minimum atomic E-state index is 0.802. The zero-order chi connectivity index (χ0) is 7.40. The number of thiophene rings is 1. The molecule has 0 N–H and O–H groups in total. The lowest BCUT2D eigenvalue weighted by atomic mass is 10.3. The van der Waals surface area contributed by atoms with E-state index in [1.807, 2.05) is 12.1 Å². The van der Waals surface area contributed by atoms with Crippen molar-refractivity contribution in [1.82, 2.24) is 0 Å². The van der Waals surface area contributed by atoms with Crippen molar-refractivity contribution in [3.63, 3.8) is 0 Å². The minimum absolute atomic E-state index is 0.802. The van der Waals surface area contributed by atoms with E-state index < -0.39 is 0 Å². The molecule has 1 rings (SSSR count). The fourth-order valence-electron chi connectivity index (χ4n) is 0.681. The first-order valence-electron chi connectivity index (χ1n) is 3.00. The van der Waals surface area contributed by atoms with Crippen molar-refractivity contribution >= 4 is 22.9 Å². The molecular weight excluding hydrogens is 164 g/mol. The first-order chi connectivity index (χ1) is 4.83. The van der Waals surface area contributed by atoms with Crippen LogP contribution in [-0.4, -0.2) is 0 Å². The summed E-state index contributed by atoms with van der Waals surface area (Å²) in [4.78, 5) is 1.27. The Balaban J connectivity index is 2.52. The third-order valence-electron chi connectivity index (χ3n) is 1.14. The van der Waals surface area contributed by atoms with E-state index in [0.717, 1.165) is 17.2 Å². The van der Waals surface area contributed by atoms with Crippen LogP contribution >= 0.6 is 22.9 Å². The Morgan fingerprint density at radius 1 is 1.60 bits per heavy atom. The summed E-state index contributed by atoms with van der Waals surface area (Å²) in [5.74, 6) is 2.59. The van der Waals surface area contributed by atoms with Crippen LogP contribution in [0.4, 0.5) is 0 Å². The first-order valence-corrected chi connectivity index (χ1v) is 4.20. The molecule has 0 radical (unpaired) electrons. The molecule has 2 heteroatoms. The Kier molecular flexibility index (Phi) is 2.80. The van der Waals surface area contributed by atoms with Gasteiger partial charge < -0.3 is 0 Å². The molecular formula is C8H7ClS. The Labute approximate surface area is 69.8 Å². The highest BCUT2D eigenvalue weighted by molar-refractivity contribution is 7.16. The molecule has 0 bridgehead atoms. The maximum absolute atomic E-state index is 5.71. The molecule has 0 atom stereocenters. The first kappa shape index (κ1) is 7.65. The van der Waals surface area contributed by atoms with Crippen LogP contribution in [0.15, 0.2) is 12.1 Å². The van der Waals surface area contributed by atoms with Crippen LogP contribution in [0.25, 0.3) is 0 Å². The van der Waals surface area contributed by atoms with Crippen LogP contribution < -0.4 is 0 Å². The van der Waals surface area contributed by atoms with E-state index in [-0.39, 0.29) is 0 Å². The Morgan fingerprint density at radius 3 is 2.90 bits per heavy atom. The molecule has 0 aliphatic carbocycles. The molecule has 52 valence electrons. The molecule has 0 saturated carbocycles. The van der Waals surface area contributed by atoms with Gasteiger partial charge in [0.2, 0.25) is 0 Å². The number of terminal acetylenes is 1. The second kappa shape index (κ2) is 3.65. The standard InChI is InChI=1S/C8H7ClS/c1-2-3-4-7-5-6-8(9)10-7/h1,5-6H,3-4H2. The van der Waals surface area contributed by atoms with Crippen molar-refractivity contribution in [2.24, 2.45) is 0 Å². The van der Waals surface area contributed by atoms with Crippen molar-refractivity contribution in [3.8, 4) is 12.3 Å². The van der Waals surface area contributed by atoms with Gasteiger partial charge in [0.15, 0.2) is 0 Å². The lowest BCUT2D eigenvalue weighted by Gasteiger charge is -1.86. The fraction of sp³-hybridized carbons (Fsp3) is 0.250. The summed E-state index contributed by atoms with van der Waals surface area (Å²) in [5, 5.41) is 0. The largest absolute Gasteiger partial charge is 0.128 e. The third kappa shape index (κ3) is 2.06. The summed E-state index contributed by atoms with van der Waals surface area (Å²) >= 11 is 7.30. The van der Waals surface area contributed by atoms with Gasteiger partial charge in [-0.2, -0.15) is 0 Å². The molecule has 0 unspecified atom stereocenters. The average Bonchev–Trinajstić information content (AvgIpc) is 2.31. The van der Waals surface area contributed by atoms with Crippen molar-refractivity contribution in [2.45, 2.75) is 12.8 Å². The third-order valence-corrected chi connectivity index (χ3v) is 2.44. The van der Waals surface area contributed by atoms with Crippen LogP contribution in [0.3, 0.4) is 0 Å². The van der Waals surface area contributed by atoms with Crippen LogP contribution in [0.5, 0.6) is 0 Å². The second-order valence-electron chi connectivity index (χ2n) is 1.91. The molecule has 0 nitrogen and oxygen atoms in total. The smallest absolute Gasteiger partial charge is 0.0931 e. The molecule has 0 spiro atoms. The van der Waals surface area contributed by atoms with Crippen LogP contribution in [0.2, 0.25) is 4.34 Å². The van der Waals surface area contributed by atoms with Crippen molar-refractivity contribution in [1.29, 1.82) is 0 Å². The Morgan fingerprint density at radius 2 is 2.40 bits per heavy atom. The molecule has 0 saturated heterocycles. The fourth-order valence-corrected chi connectivity index (χ4v) is 1.77. The predicted octanol–water partition coefficient (Wildman–Crippen LogP) is 2.97. The van der Waals surface area contributed by atoms with Crippen LogP contribution in [0, 0.1) is 12.3 Å². The van der Waals surface area contributed by atoms with Gasteiger partial charge >= 0.3 is 0 Å². The summed E-state index contributed by atoms with van der Waals surface area (Å²) in [7, 11) is 0. The van der Waals surface area contributed by atoms with E-state index in [1.165, 1.54) is 4.88 Å². The van der Waals surface area contributed by atoms with Gasteiger partial charge in [-0.25, -0.2) is 0 Å². The molecule has 1 aromatic heterocycles. The van der Waals surface area contributed by atoms with E-state index in [0.29, 0.717) is 0 Å². The molecule has 0 aliphatic heterocycles. The van der Waals surface area contributed by atoms with Crippen molar-refractivity contribution in [3.05, 3.63) is 21.3 Å². The minimum Gasteiger partial charge on any atom is -0.128 e. The number of aryl methyl sites for hydroxylation is 1. The molecule has 0 aliphatic rings. The molecule has 0 aromatic carbocycles. The quantitative estimate of drug-likeness (QED) is 0.599. The monoisotopic (exact) mass is 170 g/mol. The maximum atomic E-state index is 5.71. The zero-order valence-corrected chi connectivity index (χ0v) is 7.00. The summed E-state index contributed by atoms with van der Waals surface area (Å²) in [6.07, 6.45) is 6.86. The average molecular weight is 171 g/mol. The lowest BCUT2D eigenvalue weighted by Crippen LogP contribution is -1.73. The maximum Gasteiger partial charge on any atom is 0.0931 e. The van der Waals surface area contributed by atoms with Gasteiger partial charge in [0.25, 0.3) is 0 Å². The van der Waals surface area contributed by atoms with Gasteiger partial charge in [0.05, 0.1) is 4.34 Å². The predicted molar refractivity (Wildman–Crippen MR) is 46.5 cm³/mol. The van der Waals surface area contributed by atoms with Gasteiger partial charge in [0.1, 0.15) is 0 Å². The van der Waals surface area contributed by atoms with E-state index in [1.54, 1.807) is 11.3 Å². The van der Waals surface area contributed by atoms with E-state index in [9.17, 15) is 0 Å². The second-order valence-corrected chi connectivity index (χ2v) is 3.71.